The standard InChI is InChI=1S/C14H22N2O/c1-11-8-15-9-12(2)16(11)10-13-6-4-5-7-14(13)17-3/h4-7,11-12,15H,8-10H2,1-3H3. The molecule has 3 heteroatoms. The van der Waals surface area contributed by atoms with Crippen molar-refractivity contribution >= 4 is 0 Å². The van der Waals surface area contributed by atoms with E-state index < -0.39 is 0 Å². The molecule has 0 spiro atoms. The summed E-state index contributed by atoms with van der Waals surface area (Å²) in [6, 6.07) is 9.43. The molecule has 3 nitrogen and oxygen atoms in total. The monoisotopic (exact) mass is 234 g/mol. The van der Waals surface area contributed by atoms with Gasteiger partial charge in [0.1, 0.15) is 5.75 Å². The van der Waals surface area contributed by atoms with Crippen LogP contribution in [-0.2, 0) is 6.54 Å². The average molecular weight is 234 g/mol. The third-order valence-corrected chi connectivity index (χ3v) is 3.56. The molecule has 0 amide bonds. The fraction of sp³-hybridized carbons (Fsp3) is 0.571. The van der Waals surface area contributed by atoms with Crippen LogP contribution in [0.5, 0.6) is 5.75 Å². The van der Waals surface area contributed by atoms with Crippen molar-refractivity contribution < 1.29 is 4.74 Å². The fourth-order valence-corrected chi connectivity index (χ4v) is 2.51. The molecule has 0 aromatic heterocycles. The van der Waals surface area contributed by atoms with E-state index in [1.807, 2.05) is 12.1 Å². The highest BCUT2D eigenvalue weighted by Gasteiger charge is 2.24. The first-order chi connectivity index (χ1) is 8.22. The summed E-state index contributed by atoms with van der Waals surface area (Å²) in [6.45, 7) is 7.66. The zero-order chi connectivity index (χ0) is 12.3. The molecule has 1 heterocycles. The fourth-order valence-electron chi connectivity index (χ4n) is 2.51. The van der Waals surface area contributed by atoms with E-state index in [4.69, 9.17) is 4.74 Å². The molecule has 1 aromatic carbocycles. The van der Waals surface area contributed by atoms with Crippen LogP contribution < -0.4 is 10.1 Å². The molecule has 17 heavy (non-hydrogen) atoms. The molecule has 1 saturated heterocycles. The van der Waals surface area contributed by atoms with Gasteiger partial charge in [-0.05, 0) is 19.9 Å². The summed E-state index contributed by atoms with van der Waals surface area (Å²) in [7, 11) is 1.74. The van der Waals surface area contributed by atoms with E-state index in [2.05, 4.69) is 36.2 Å². The third-order valence-electron chi connectivity index (χ3n) is 3.56. The van der Waals surface area contributed by atoms with E-state index in [0.717, 1.165) is 25.4 Å². The number of methoxy groups -OCH3 is 1. The second-order valence-electron chi connectivity index (χ2n) is 4.84. The van der Waals surface area contributed by atoms with Gasteiger partial charge < -0.3 is 10.1 Å². The minimum atomic E-state index is 0.573. The predicted octanol–water partition coefficient (Wildman–Crippen LogP) is 1.88. The molecule has 1 aromatic rings. The van der Waals surface area contributed by atoms with Crippen LogP contribution in [0.2, 0.25) is 0 Å². The smallest absolute Gasteiger partial charge is 0.123 e. The number of hydrogen-bond donors (Lipinski definition) is 1. The van der Waals surface area contributed by atoms with Gasteiger partial charge in [-0.2, -0.15) is 0 Å². The largest absolute Gasteiger partial charge is 0.496 e. The Balaban J connectivity index is 2.13. The van der Waals surface area contributed by atoms with Gasteiger partial charge in [0.2, 0.25) is 0 Å². The van der Waals surface area contributed by atoms with E-state index in [1.54, 1.807) is 7.11 Å². The molecule has 0 bridgehead atoms. The summed E-state index contributed by atoms with van der Waals surface area (Å²) in [6.07, 6.45) is 0. The van der Waals surface area contributed by atoms with Gasteiger partial charge in [0, 0.05) is 37.3 Å². The molecule has 94 valence electrons. The molecule has 1 N–H and O–H groups in total. The highest BCUT2D eigenvalue weighted by molar-refractivity contribution is 5.33. The maximum Gasteiger partial charge on any atom is 0.123 e. The Morgan fingerprint density at radius 1 is 1.24 bits per heavy atom. The molecule has 1 aliphatic heterocycles. The number of nitrogens with zero attached hydrogens (tertiary/aromatic N) is 1. The predicted molar refractivity (Wildman–Crippen MR) is 70.3 cm³/mol. The number of nitrogens with one attached hydrogen (secondary N) is 1. The van der Waals surface area contributed by atoms with Crippen molar-refractivity contribution in [3.05, 3.63) is 29.8 Å². The summed E-state index contributed by atoms with van der Waals surface area (Å²) in [5, 5.41) is 3.46. The minimum Gasteiger partial charge on any atom is -0.496 e. The van der Waals surface area contributed by atoms with Crippen LogP contribution in [0.25, 0.3) is 0 Å². The molecule has 2 unspecified atom stereocenters. The molecule has 2 rings (SSSR count). The topological polar surface area (TPSA) is 24.5 Å². The lowest BCUT2D eigenvalue weighted by Crippen LogP contribution is -2.54. The van der Waals surface area contributed by atoms with E-state index in [-0.39, 0.29) is 0 Å². The third kappa shape index (κ3) is 2.79. The van der Waals surface area contributed by atoms with Crippen LogP contribution in [0.15, 0.2) is 24.3 Å². The zero-order valence-corrected chi connectivity index (χ0v) is 10.9. The number of ether oxygens (including phenoxy) is 1. The molecule has 0 radical (unpaired) electrons. The second-order valence-corrected chi connectivity index (χ2v) is 4.84. The molecule has 1 aliphatic rings. The molecular formula is C14H22N2O. The van der Waals surface area contributed by atoms with Gasteiger partial charge in [0.25, 0.3) is 0 Å². The van der Waals surface area contributed by atoms with Gasteiger partial charge in [-0.25, -0.2) is 0 Å². The Bertz CT molecular complexity index is 357. The summed E-state index contributed by atoms with van der Waals surface area (Å²) in [4.78, 5) is 2.54. The van der Waals surface area contributed by atoms with Crippen molar-refractivity contribution in [1.29, 1.82) is 0 Å². The van der Waals surface area contributed by atoms with Crippen molar-refractivity contribution in [2.75, 3.05) is 20.2 Å². The van der Waals surface area contributed by atoms with E-state index in [9.17, 15) is 0 Å². The van der Waals surface area contributed by atoms with Crippen LogP contribution in [-0.4, -0.2) is 37.2 Å². The van der Waals surface area contributed by atoms with Crippen molar-refractivity contribution in [3.8, 4) is 5.75 Å². The first-order valence-corrected chi connectivity index (χ1v) is 6.30. The first kappa shape index (κ1) is 12.4. The molecule has 0 aliphatic carbocycles. The molecule has 0 saturated carbocycles. The number of para-hydroxylation sites is 1. The Kier molecular flexibility index (Phi) is 4.02. The highest BCUT2D eigenvalue weighted by atomic mass is 16.5. The quantitative estimate of drug-likeness (QED) is 0.864. The van der Waals surface area contributed by atoms with Gasteiger partial charge in [-0.15, -0.1) is 0 Å². The van der Waals surface area contributed by atoms with Crippen molar-refractivity contribution in [2.24, 2.45) is 0 Å². The van der Waals surface area contributed by atoms with E-state index >= 15 is 0 Å². The molecule has 1 fully saturated rings. The SMILES string of the molecule is COc1ccccc1CN1C(C)CNCC1C. The van der Waals surface area contributed by atoms with Gasteiger partial charge in [0.15, 0.2) is 0 Å². The van der Waals surface area contributed by atoms with Gasteiger partial charge in [-0.3, -0.25) is 4.90 Å². The van der Waals surface area contributed by atoms with Crippen molar-refractivity contribution in [3.63, 3.8) is 0 Å². The van der Waals surface area contributed by atoms with E-state index in [0.29, 0.717) is 12.1 Å². The minimum absolute atomic E-state index is 0.573. The Morgan fingerprint density at radius 3 is 2.53 bits per heavy atom. The molecule has 2 atom stereocenters. The van der Waals surface area contributed by atoms with E-state index in [1.165, 1.54) is 5.56 Å². The average Bonchev–Trinajstić information content (AvgIpc) is 2.34. The second kappa shape index (κ2) is 5.52. The highest BCUT2D eigenvalue weighted by Crippen LogP contribution is 2.22. The maximum atomic E-state index is 5.42. The van der Waals surface area contributed by atoms with Crippen LogP contribution in [0.3, 0.4) is 0 Å². The van der Waals surface area contributed by atoms with Crippen molar-refractivity contribution in [1.82, 2.24) is 10.2 Å². The lowest BCUT2D eigenvalue weighted by Gasteiger charge is -2.39. The Morgan fingerprint density at radius 2 is 1.88 bits per heavy atom. The summed E-state index contributed by atoms with van der Waals surface area (Å²) in [5.74, 6) is 0.991. The Labute approximate surface area is 104 Å². The van der Waals surface area contributed by atoms with Crippen LogP contribution >= 0.6 is 0 Å². The summed E-state index contributed by atoms with van der Waals surface area (Å²) < 4.78 is 5.42. The number of benzene rings is 1. The van der Waals surface area contributed by atoms with Crippen LogP contribution in [0.4, 0.5) is 0 Å². The van der Waals surface area contributed by atoms with Gasteiger partial charge in [-0.1, -0.05) is 18.2 Å². The lowest BCUT2D eigenvalue weighted by molar-refractivity contribution is 0.107. The first-order valence-electron chi connectivity index (χ1n) is 6.30. The lowest BCUT2D eigenvalue weighted by atomic mass is 10.1. The van der Waals surface area contributed by atoms with Crippen molar-refractivity contribution in [2.45, 2.75) is 32.5 Å². The van der Waals surface area contributed by atoms with Crippen LogP contribution in [0, 0.1) is 0 Å². The maximum absolute atomic E-state index is 5.42. The number of hydrogen-bond acceptors (Lipinski definition) is 3. The Hall–Kier alpha value is -1.06. The molecular weight excluding hydrogens is 212 g/mol. The van der Waals surface area contributed by atoms with Gasteiger partial charge >= 0.3 is 0 Å². The summed E-state index contributed by atoms with van der Waals surface area (Å²) in [5.41, 5.74) is 1.27. The summed E-state index contributed by atoms with van der Waals surface area (Å²) >= 11 is 0. The normalized spacial score (nSPS) is 25.8. The van der Waals surface area contributed by atoms with Crippen LogP contribution in [0.1, 0.15) is 19.4 Å². The zero-order valence-electron chi connectivity index (χ0n) is 10.9. The number of piperazine rings is 1. The number of rotatable bonds is 3. The van der Waals surface area contributed by atoms with Gasteiger partial charge in [0.05, 0.1) is 7.11 Å².